The summed E-state index contributed by atoms with van der Waals surface area (Å²) in [6.45, 7) is 2.12. The van der Waals surface area contributed by atoms with Crippen LogP contribution in [0.25, 0.3) is 0 Å². The zero-order chi connectivity index (χ0) is 14.1. The van der Waals surface area contributed by atoms with Crippen molar-refractivity contribution in [3.8, 4) is 0 Å². The van der Waals surface area contributed by atoms with E-state index in [1.54, 1.807) is 11.8 Å². The number of carbonyl (C=O) groups is 1. The molecule has 19 heavy (non-hydrogen) atoms. The zero-order valence-electron chi connectivity index (χ0n) is 11.8. The number of nitrogens with zero attached hydrogens (tertiary/aromatic N) is 1. The summed E-state index contributed by atoms with van der Waals surface area (Å²) in [6.07, 6.45) is 5.15. The Morgan fingerprint density at radius 2 is 2.32 bits per heavy atom. The third-order valence-electron chi connectivity index (χ3n) is 3.39. The van der Waals surface area contributed by atoms with Crippen LogP contribution in [-0.2, 0) is 9.53 Å². The van der Waals surface area contributed by atoms with Gasteiger partial charge in [0.15, 0.2) is 0 Å². The van der Waals surface area contributed by atoms with E-state index >= 15 is 0 Å². The van der Waals surface area contributed by atoms with E-state index in [2.05, 4.69) is 22.0 Å². The molecule has 4 nitrogen and oxygen atoms in total. The number of hydrogen-bond acceptors (Lipinski definition) is 5. The number of methoxy groups -OCH3 is 1. The van der Waals surface area contributed by atoms with Crippen molar-refractivity contribution < 1.29 is 9.53 Å². The molecule has 0 aliphatic carbocycles. The van der Waals surface area contributed by atoms with E-state index in [-0.39, 0.29) is 5.97 Å². The second-order valence-corrected chi connectivity index (χ2v) is 6.60. The number of esters is 1. The summed E-state index contributed by atoms with van der Waals surface area (Å²) in [4.78, 5) is 13.3. The summed E-state index contributed by atoms with van der Waals surface area (Å²) >= 11 is 6.90. The average molecular weight is 304 g/mol. The second kappa shape index (κ2) is 9.55. The van der Waals surface area contributed by atoms with Crippen molar-refractivity contribution in [1.29, 1.82) is 0 Å². The maximum absolute atomic E-state index is 10.9. The number of hydrogen-bond donors (Lipinski definition) is 1. The van der Waals surface area contributed by atoms with Gasteiger partial charge in [-0.1, -0.05) is 30.4 Å². The van der Waals surface area contributed by atoms with Gasteiger partial charge in [0.1, 0.15) is 4.32 Å². The fourth-order valence-electron chi connectivity index (χ4n) is 2.14. The molecule has 0 amide bonds. The number of thiocarbonyl (C=S) groups is 1. The molecular formula is C13H24N2O2S2. The summed E-state index contributed by atoms with van der Waals surface area (Å²) in [7, 11) is 3.60. The van der Waals surface area contributed by atoms with Crippen LogP contribution in [0.15, 0.2) is 0 Å². The lowest BCUT2D eigenvalue weighted by Crippen LogP contribution is -2.43. The number of likely N-dealkylation sites (tertiary alicyclic amines) is 1. The van der Waals surface area contributed by atoms with Crippen LogP contribution in [-0.4, -0.2) is 54.2 Å². The predicted molar refractivity (Wildman–Crippen MR) is 84.6 cm³/mol. The number of rotatable bonds is 6. The summed E-state index contributed by atoms with van der Waals surface area (Å²) in [6, 6.07) is 0.599. The van der Waals surface area contributed by atoms with Crippen molar-refractivity contribution >= 4 is 34.3 Å². The van der Waals surface area contributed by atoms with Gasteiger partial charge in [0.2, 0.25) is 0 Å². The third kappa shape index (κ3) is 7.13. The van der Waals surface area contributed by atoms with E-state index in [0.29, 0.717) is 12.5 Å². The number of likely N-dealkylation sites (N-methyl/N-ethyl adjacent to an activating group) is 1. The van der Waals surface area contributed by atoms with E-state index in [1.807, 2.05) is 0 Å². The fraction of sp³-hybridized carbons (Fsp3) is 0.846. The van der Waals surface area contributed by atoms with Crippen molar-refractivity contribution in [3.63, 3.8) is 0 Å². The molecule has 1 heterocycles. The van der Waals surface area contributed by atoms with Gasteiger partial charge in [0.25, 0.3) is 0 Å². The van der Waals surface area contributed by atoms with Gasteiger partial charge < -0.3 is 15.0 Å². The SMILES string of the molecule is COC(=O)CCCSC(=S)NCC1CCCCN1C. The number of nitrogens with one attached hydrogen (secondary N) is 1. The van der Waals surface area contributed by atoms with Gasteiger partial charge in [0.05, 0.1) is 7.11 Å². The highest BCUT2D eigenvalue weighted by molar-refractivity contribution is 8.22. The maximum atomic E-state index is 10.9. The van der Waals surface area contributed by atoms with Crippen molar-refractivity contribution in [1.82, 2.24) is 10.2 Å². The quantitative estimate of drug-likeness (QED) is 0.460. The highest BCUT2D eigenvalue weighted by atomic mass is 32.2. The monoisotopic (exact) mass is 304 g/mol. The van der Waals surface area contributed by atoms with Gasteiger partial charge in [-0.2, -0.15) is 0 Å². The largest absolute Gasteiger partial charge is 0.469 e. The molecule has 0 radical (unpaired) electrons. The van der Waals surface area contributed by atoms with Crippen molar-refractivity contribution in [2.75, 3.05) is 33.0 Å². The maximum Gasteiger partial charge on any atom is 0.305 e. The molecule has 0 saturated carbocycles. The topological polar surface area (TPSA) is 41.6 Å². The van der Waals surface area contributed by atoms with Gasteiger partial charge in [0, 0.05) is 24.8 Å². The highest BCUT2D eigenvalue weighted by Gasteiger charge is 2.18. The summed E-state index contributed by atoms with van der Waals surface area (Å²) in [5, 5.41) is 3.32. The zero-order valence-corrected chi connectivity index (χ0v) is 13.4. The Balaban J connectivity index is 2.05. The Kier molecular flexibility index (Phi) is 8.41. The average Bonchev–Trinajstić information content (AvgIpc) is 2.42. The summed E-state index contributed by atoms with van der Waals surface area (Å²) in [5.41, 5.74) is 0. The Morgan fingerprint density at radius 1 is 1.53 bits per heavy atom. The molecule has 0 aromatic heterocycles. The minimum absolute atomic E-state index is 0.150. The molecule has 1 aliphatic rings. The van der Waals surface area contributed by atoms with Gasteiger partial charge >= 0.3 is 5.97 Å². The van der Waals surface area contributed by atoms with Crippen LogP contribution in [0.1, 0.15) is 32.1 Å². The fourth-order valence-corrected chi connectivity index (χ4v) is 3.13. The van der Waals surface area contributed by atoms with E-state index < -0.39 is 0 Å². The van der Waals surface area contributed by atoms with Crippen LogP contribution in [0.5, 0.6) is 0 Å². The molecule has 0 aromatic rings. The Hall–Kier alpha value is -0.330. The molecule has 110 valence electrons. The molecule has 0 bridgehead atoms. The van der Waals surface area contributed by atoms with E-state index in [1.165, 1.54) is 32.9 Å². The summed E-state index contributed by atoms with van der Waals surface area (Å²) in [5.74, 6) is 0.713. The highest BCUT2D eigenvalue weighted by Crippen LogP contribution is 2.14. The van der Waals surface area contributed by atoms with E-state index in [4.69, 9.17) is 12.2 Å². The van der Waals surface area contributed by atoms with Gasteiger partial charge in [-0.05, 0) is 32.9 Å². The van der Waals surface area contributed by atoms with Crippen LogP contribution in [0.3, 0.4) is 0 Å². The van der Waals surface area contributed by atoms with Crippen LogP contribution in [0, 0.1) is 0 Å². The first-order valence-electron chi connectivity index (χ1n) is 6.81. The Bertz CT molecular complexity index is 300. The molecule has 1 unspecified atom stereocenters. The molecule has 1 saturated heterocycles. The smallest absolute Gasteiger partial charge is 0.305 e. The van der Waals surface area contributed by atoms with E-state index in [9.17, 15) is 4.79 Å². The Labute approximate surface area is 125 Å². The van der Waals surface area contributed by atoms with Gasteiger partial charge in [-0.3, -0.25) is 4.79 Å². The first-order chi connectivity index (χ1) is 9.13. The molecule has 0 aromatic carbocycles. The number of thioether (sulfide) groups is 1. The number of ether oxygens (including phenoxy) is 1. The molecule has 6 heteroatoms. The second-order valence-electron chi connectivity index (χ2n) is 4.83. The first-order valence-corrected chi connectivity index (χ1v) is 8.20. The third-order valence-corrected chi connectivity index (χ3v) is 4.79. The molecule has 1 aliphatic heterocycles. The van der Waals surface area contributed by atoms with Crippen LogP contribution in [0.4, 0.5) is 0 Å². The lowest BCUT2D eigenvalue weighted by Gasteiger charge is -2.32. The molecule has 0 spiro atoms. The summed E-state index contributed by atoms with van der Waals surface area (Å²) < 4.78 is 5.43. The molecule has 1 atom stereocenters. The first kappa shape index (κ1) is 16.7. The normalized spacial score (nSPS) is 20.0. The van der Waals surface area contributed by atoms with Crippen LogP contribution >= 0.6 is 24.0 Å². The number of carbonyl (C=O) groups excluding carboxylic acids is 1. The molecule has 1 fully saturated rings. The van der Waals surface area contributed by atoms with E-state index in [0.717, 1.165) is 23.0 Å². The predicted octanol–water partition coefficient (Wildman–Crippen LogP) is 2.03. The molecule has 1 N–H and O–H groups in total. The van der Waals surface area contributed by atoms with Crippen LogP contribution in [0.2, 0.25) is 0 Å². The van der Waals surface area contributed by atoms with Crippen molar-refractivity contribution in [2.45, 2.75) is 38.1 Å². The molecule has 1 rings (SSSR count). The molecular weight excluding hydrogens is 280 g/mol. The van der Waals surface area contributed by atoms with Crippen LogP contribution < -0.4 is 5.32 Å². The lowest BCUT2D eigenvalue weighted by atomic mass is 10.0. The van der Waals surface area contributed by atoms with Crippen molar-refractivity contribution in [2.24, 2.45) is 0 Å². The standard InChI is InChI=1S/C13H24N2O2S2/c1-15-8-4-3-6-11(15)10-14-13(18)19-9-5-7-12(16)17-2/h11H,3-10H2,1-2H3,(H,14,18). The Morgan fingerprint density at radius 3 is 3.00 bits per heavy atom. The number of piperidine rings is 1. The minimum Gasteiger partial charge on any atom is -0.469 e. The van der Waals surface area contributed by atoms with Crippen molar-refractivity contribution in [3.05, 3.63) is 0 Å². The minimum atomic E-state index is -0.150. The van der Waals surface area contributed by atoms with Gasteiger partial charge in [-0.25, -0.2) is 0 Å². The lowest BCUT2D eigenvalue weighted by molar-refractivity contribution is -0.140. The van der Waals surface area contributed by atoms with Gasteiger partial charge in [-0.15, -0.1) is 0 Å².